The van der Waals surface area contributed by atoms with E-state index in [1.54, 1.807) is 13.2 Å². The highest BCUT2D eigenvalue weighted by molar-refractivity contribution is 5.26. The molecule has 1 N–H and O–H groups in total. The van der Waals surface area contributed by atoms with E-state index in [2.05, 4.69) is 6.58 Å². The third kappa shape index (κ3) is 4.66. The summed E-state index contributed by atoms with van der Waals surface area (Å²) in [4.78, 5) is 0. The van der Waals surface area contributed by atoms with Crippen molar-refractivity contribution in [1.29, 1.82) is 0 Å². The van der Waals surface area contributed by atoms with Crippen LogP contribution in [0.2, 0.25) is 0 Å². The monoisotopic (exact) mass is 278 g/mol. The number of benzene rings is 1. The molecule has 0 bridgehead atoms. The lowest BCUT2D eigenvalue weighted by Gasteiger charge is -2.31. The summed E-state index contributed by atoms with van der Waals surface area (Å²) in [7, 11) is 1.65. The van der Waals surface area contributed by atoms with Crippen molar-refractivity contribution < 1.29 is 14.6 Å². The van der Waals surface area contributed by atoms with Crippen molar-refractivity contribution in [3.8, 4) is 5.75 Å². The summed E-state index contributed by atoms with van der Waals surface area (Å²) in [6.07, 6.45) is 1.33. The predicted molar refractivity (Wildman–Crippen MR) is 81.8 cm³/mol. The van der Waals surface area contributed by atoms with Crippen molar-refractivity contribution in [2.24, 2.45) is 11.3 Å². The molecule has 0 unspecified atom stereocenters. The van der Waals surface area contributed by atoms with Gasteiger partial charge in [-0.05, 0) is 17.7 Å². The lowest BCUT2D eigenvalue weighted by Crippen LogP contribution is -2.35. The lowest BCUT2D eigenvalue weighted by molar-refractivity contribution is -0.0140. The van der Waals surface area contributed by atoms with E-state index < -0.39 is 6.10 Å². The van der Waals surface area contributed by atoms with Crippen LogP contribution in [-0.2, 0) is 11.3 Å². The molecule has 0 aliphatic carbocycles. The summed E-state index contributed by atoms with van der Waals surface area (Å²) in [6.45, 7) is 10.8. The Balaban J connectivity index is 2.41. The highest BCUT2D eigenvalue weighted by Gasteiger charge is 2.29. The van der Waals surface area contributed by atoms with Gasteiger partial charge in [0.15, 0.2) is 0 Å². The van der Waals surface area contributed by atoms with Crippen LogP contribution in [0.4, 0.5) is 0 Å². The molecule has 0 aliphatic heterocycles. The largest absolute Gasteiger partial charge is 0.497 e. The van der Waals surface area contributed by atoms with E-state index in [1.165, 1.54) is 0 Å². The Kier molecular flexibility index (Phi) is 6.24. The number of aliphatic hydroxyl groups is 1. The molecule has 112 valence electrons. The van der Waals surface area contributed by atoms with Crippen LogP contribution in [0.5, 0.6) is 5.75 Å². The van der Waals surface area contributed by atoms with Crippen LogP contribution in [0, 0.1) is 11.3 Å². The van der Waals surface area contributed by atoms with Gasteiger partial charge in [0.25, 0.3) is 0 Å². The first kappa shape index (κ1) is 16.7. The fourth-order valence-corrected chi connectivity index (χ4v) is 2.03. The van der Waals surface area contributed by atoms with Crippen LogP contribution in [0.15, 0.2) is 36.9 Å². The van der Waals surface area contributed by atoms with E-state index in [0.29, 0.717) is 13.2 Å². The average molecular weight is 278 g/mol. The van der Waals surface area contributed by atoms with Gasteiger partial charge in [0.2, 0.25) is 0 Å². The van der Waals surface area contributed by atoms with Crippen molar-refractivity contribution in [3.05, 3.63) is 42.5 Å². The minimum atomic E-state index is -0.462. The zero-order chi connectivity index (χ0) is 15.2. The molecule has 0 amide bonds. The molecule has 1 rings (SSSR count). The molecule has 3 nitrogen and oxygen atoms in total. The van der Waals surface area contributed by atoms with E-state index >= 15 is 0 Å². The Hall–Kier alpha value is -1.32. The number of methoxy groups -OCH3 is 1. The normalized spacial score (nSPS) is 14.7. The number of rotatable bonds is 8. The second kappa shape index (κ2) is 7.46. The summed E-state index contributed by atoms with van der Waals surface area (Å²) < 4.78 is 10.8. The minimum Gasteiger partial charge on any atom is -0.497 e. The molecule has 1 aromatic rings. The first-order chi connectivity index (χ1) is 9.40. The minimum absolute atomic E-state index is 0.0567. The maximum Gasteiger partial charge on any atom is 0.118 e. The van der Waals surface area contributed by atoms with E-state index in [1.807, 2.05) is 45.0 Å². The first-order valence-electron chi connectivity index (χ1n) is 6.93. The highest BCUT2D eigenvalue weighted by atomic mass is 16.5. The van der Waals surface area contributed by atoms with E-state index in [9.17, 15) is 5.11 Å². The fourth-order valence-electron chi connectivity index (χ4n) is 2.03. The Morgan fingerprint density at radius 1 is 1.30 bits per heavy atom. The van der Waals surface area contributed by atoms with Gasteiger partial charge in [0.1, 0.15) is 5.75 Å². The summed E-state index contributed by atoms with van der Waals surface area (Å²) in [6, 6.07) is 7.79. The topological polar surface area (TPSA) is 38.7 Å². The molecule has 0 saturated carbocycles. The van der Waals surface area contributed by atoms with E-state index in [-0.39, 0.29) is 11.3 Å². The molecule has 1 aromatic carbocycles. The molecule has 0 radical (unpaired) electrons. The Labute approximate surface area is 122 Å². The van der Waals surface area contributed by atoms with Crippen LogP contribution in [-0.4, -0.2) is 24.9 Å². The van der Waals surface area contributed by atoms with Gasteiger partial charge in [-0.25, -0.2) is 0 Å². The SMILES string of the molecule is C=CC(C)(C)[C@@H](O)[C@@H](C)COCc1ccc(OC)cc1. The fraction of sp³-hybridized carbons (Fsp3) is 0.529. The smallest absolute Gasteiger partial charge is 0.118 e. The van der Waals surface area contributed by atoms with Gasteiger partial charge in [0, 0.05) is 11.3 Å². The average Bonchev–Trinajstić information content (AvgIpc) is 2.47. The zero-order valence-electron chi connectivity index (χ0n) is 12.9. The van der Waals surface area contributed by atoms with Crippen molar-refractivity contribution in [1.82, 2.24) is 0 Å². The summed E-state index contributed by atoms with van der Waals surface area (Å²) >= 11 is 0. The molecule has 0 spiro atoms. The second-order valence-corrected chi connectivity index (χ2v) is 5.81. The molecule has 0 fully saturated rings. The zero-order valence-corrected chi connectivity index (χ0v) is 12.9. The Morgan fingerprint density at radius 3 is 2.40 bits per heavy atom. The number of hydrogen-bond donors (Lipinski definition) is 1. The van der Waals surface area contributed by atoms with Gasteiger partial charge in [0.05, 0.1) is 26.4 Å². The lowest BCUT2D eigenvalue weighted by atomic mass is 9.80. The van der Waals surface area contributed by atoms with E-state index in [4.69, 9.17) is 9.47 Å². The third-order valence-corrected chi connectivity index (χ3v) is 3.64. The van der Waals surface area contributed by atoms with Crippen molar-refractivity contribution in [3.63, 3.8) is 0 Å². The van der Waals surface area contributed by atoms with Gasteiger partial charge in [-0.15, -0.1) is 6.58 Å². The standard InChI is InChI=1S/C17H26O3/c1-6-17(3,4)16(18)13(2)11-20-12-14-7-9-15(19-5)10-8-14/h6-10,13,16,18H,1,11-12H2,2-5H3/t13-,16-/m0/s1. The molecule has 3 heteroatoms. The molecule has 0 aromatic heterocycles. The summed E-state index contributed by atoms with van der Waals surface area (Å²) in [5.74, 6) is 0.895. The Bertz CT molecular complexity index is 409. The van der Waals surface area contributed by atoms with Gasteiger partial charge in [-0.3, -0.25) is 0 Å². The van der Waals surface area contributed by atoms with Crippen LogP contribution in [0.1, 0.15) is 26.3 Å². The molecular formula is C17H26O3. The predicted octanol–water partition coefficient (Wildman–Crippen LogP) is 3.42. The summed E-state index contributed by atoms with van der Waals surface area (Å²) in [5, 5.41) is 10.2. The number of ether oxygens (including phenoxy) is 2. The van der Waals surface area contributed by atoms with Crippen molar-refractivity contribution >= 4 is 0 Å². The maximum atomic E-state index is 10.2. The maximum absolute atomic E-state index is 10.2. The second-order valence-electron chi connectivity index (χ2n) is 5.81. The van der Waals surface area contributed by atoms with Crippen LogP contribution in [0.3, 0.4) is 0 Å². The van der Waals surface area contributed by atoms with Crippen LogP contribution < -0.4 is 4.74 Å². The highest BCUT2D eigenvalue weighted by Crippen LogP contribution is 2.27. The molecule has 0 heterocycles. The molecule has 2 atom stereocenters. The Morgan fingerprint density at radius 2 is 1.90 bits per heavy atom. The van der Waals surface area contributed by atoms with Gasteiger partial charge in [-0.1, -0.05) is 39.0 Å². The van der Waals surface area contributed by atoms with Gasteiger partial charge in [-0.2, -0.15) is 0 Å². The van der Waals surface area contributed by atoms with E-state index in [0.717, 1.165) is 11.3 Å². The summed E-state index contributed by atoms with van der Waals surface area (Å²) in [5.41, 5.74) is 0.790. The molecule has 20 heavy (non-hydrogen) atoms. The molecule has 0 aliphatic rings. The quantitative estimate of drug-likeness (QED) is 0.741. The van der Waals surface area contributed by atoms with Gasteiger partial charge < -0.3 is 14.6 Å². The third-order valence-electron chi connectivity index (χ3n) is 3.64. The first-order valence-corrected chi connectivity index (χ1v) is 6.93. The molecule has 0 saturated heterocycles. The number of aliphatic hydroxyl groups excluding tert-OH is 1. The van der Waals surface area contributed by atoms with Crippen LogP contribution >= 0.6 is 0 Å². The van der Waals surface area contributed by atoms with Crippen molar-refractivity contribution in [2.45, 2.75) is 33.5 Å². The van der Waals surface area contributed by atoms with Gasteiger partial charge >= 0.3 is 0 Å². The molecular weight excluding hydrogens is 252 g/mol. The van der Waals surface area contributed by atoms with Crippen LogP contribution in [0.25, 0.3) is 0 Å². The van der Waals surface area contributed by atoms with Crippen molar-refractivity contribution in [2.75, 3.05) is 13.7 Å². The number of hydrogen-bond acceptors (Lipinski definition) is 3.